The summed E-state index contributed by atoms with van der Waals surface area (Å²) in [6.45, 7) is 1.55. The second-order valence-corrected chi connectivity index (χ2v) is 6.58. The van der Waals surface area contributed by atoms with E-state index in [1.54, 1.807) is 11.4 Å². The Hall–Kier alpha value is -2.99. The normalized spacial score (nSPS) is 10.4. The summed E-state index contributed by atoms with van der Waals surface area (Å²) in [5.41, 5.74) is 3.11. The van der Waals surface area contributed by atoms with Gasteiger partial charge in [-0.2, -0.15) is 0 Å². The van der Waals surface area contributed by atoms with Crippen molar-refractivity contribution in [3.05, 3.63) is 76.2 Å². The highest BCUT2D eigenvalue weighted by Crippen LogP contribution is 2.29. The Morgan fingerprint density at radius 3 is 2.62 bits per heavy atom. The third-order valence-corrected chi connectivity index (χ3v) is 4.55. The number of ether oxygens (including phenoxy) is 1. The number of thiophene rings is 1. The number of anilines is 1. The minimum absolute atomic E-state index is 0.308. The molecule has 4 nitrogen and oxygen atoms in total. The fourth-order valence-corrected chi connectivity index (χ4v) is 3.20. The number of carbonyl (C=O) groups excluding carboxylic acids is 2. The van der Waals surface area contributed by atoms with Gasteiger partial charge in [0.15, 0.2) is 6.61 Å². The maximum Gasteiger partial charge on any atom is 0.349 e. The van der Waals surface area contributed by atoms with E-state index in [-0.39, 0.29) is 0 Å². The van der Waals surface area contributed by atoms with E-state index in [4.69, 9.17) is 4.74 Å². The predicted octanol–water partition coefficient (Wildman–Crippen LogP) is 4.66. The van der Waals surface area contributed by atoms with E-state index in [1.807, 2.05) is 37.3 Å². The van der Waals surface area contributed by atoms with Gasteiger partial charge in [-0.05, 0) is 42.1 Å². The minimum Gasteiger partial charge on any atom is -0.451 e. The lowest BCUT2D eigenvalue weighted by Crippen LogP contribution is -2.20. The molecule has 0 spiro atoms. The second kappa shape index (κ2) is 7.93. The molecule has 132 valence electrons. The first-order valence-electron chi connectivity index (χ1n) is 7.90. The van der Waals surface area contributed by atoms with Crippen molar-refractivity contribution in [3.63, 3.8) is 0 Å². The Labute approximate surface area is 154 Å². The van der Waals surface area contributed by atoms with Gasteiger partial charge in [0, 0.05) is 11.3 Å². The number of carbonyl (C=O) groups is 2. The highest BCUT2D eigenvalue weighted by molar-refractivity contribution is 7.12. The maximum atomic E-state index is 13.1. The van der Waals surface area contributed by atoms with Crippen LogP contribution in [0.4, 0.5) is 10.1 Å². The quantitative estimate of drug-likeness (QED) is 0.666. The summed E-state index contributed by atoms with van der Waals surface area (Å²) in [4.78, 5) is 24.6. The van der Waals surface area contributed by atoms with Gasteiger partial charge in [0.05, 0.1) is 0 Å². The van der Waals surface area contributed by atoms with Crippen molar-refractivity contribution in [2.24, 2.45) is 0 Å². The number of halogens is 1. The molecule has 0 atom stereocenters. The summed E-state index contributed by atoms with van der Waals surface area (Å²) in [7, 11) is 0. The number of amides is 1. The molecule has 3 aromatic rings. The number of benzene rings is 2. The zero-order valence-electron chi connectivity index (χ0n) is 14.0. The lowest BCUT2D eigenvalue weighted by atomic mass is 10.1. The van der Waals surface area contributed by atoms with Crippen LogP contribution in [0.3, 0.4) is 0 Å². The predicted molar refractivity (Wildman–Crippen MR) is 99.8 cm³/mol. The molecule has 0 saturated carbocycles. The Bertz CT molecular complexity index is 934. The van der Waals surface area contributed by atoms with Crippen LogP contribution in [0.2, 0.25) is 0 Å². The monoisotopic (exact) mass is 369 g/mol. The van der Waals surface area contributed by atoms with Crippen LogP contribution in [0.5, 0.6) is 0 Å². The molecular formula is C20H16FNO3S. The lowest BCUT2D eigenvalue weighted by molar-refractivity contribution is -0.119. The van der Waals surface area contributed by atoms with E-state index in [2.05, 4.69) is 5.32 Å². The molecule has 1 amide bonds. The molecule has 2 aromatic carbocycles. The third kappa shape index (κ3) is 4.34. The average molecular weight is 369 g/mol. The maximum absolute atomic E-state index is 13.1. The van der Waals surface area contributed by atoms with Crippen LogP contribution >= 0.6 is 11.3 Å². The highest BCUT2D eigenvalue weighted by atomic mass is 32.1. The summed E-state index contributed by atoms with van der Waals surface area (Å²) in [5.74, 6) is -1.55. The number of esters is 1. The van der Waals surface area contributed by atoms with Crippen LogP contribution in [0.15, 0.2) is 60.0 Å². The Morgan fingerprint density at radius 1 is 1.12 bits per heavy atom. The van der Waals surface area contributed by atoms with Crippen molar-refractivity contribution in [3.8, 4) is 11.1 Å². The molecule has 0 aliphatic rings. The molecular weight excluding hydrogens is 353 g/mol. The second-order valence-electron chi connectivity index (χ2n) is 5.66. The van der Waals surface area contributed by atoms with E-state index >= 15 is 0 Å². The van der Waals surface area contributed by atoms with Gasteiger partial charge in [-0.3, -0.25) is 4.79 Å². The first-order chi connectivity index (χ1) is 12.5. The molecule has 0 radical (unpaired) electrons. The minimum atomic E-state index is -0.565. The summed E-state index contributed by atoms with van der Waals surface area (Å²) in [6, 6.07) is 15.2. The zero-order chi connectivity index (χ0) is 18.5. The van der Waals surface area contributed by atoms with Gasteiger partial charge in [-0.25, -0.2) is 9.18 Å². The number of aryl methyl sites for hydroxylation is 1. The largest absolute Gasteiger partial charge is 0.451 e. The van der Waals surface area contributed by atoms with Crippen LogP contribution in [-0.2, 0) is 9.53 Å². The van der Waals surface area contributed by atoms with Gasteiger partial charge < -0.3 is 10.1 Å². The van der Waals surface area contributed by atoms with Gasteiger partial charge in [0.2, 0.25) is 0 Å². The molecule has 3 rings (SSSR count). The molecule has 0 unspecified atom stereocenters. The fourth-order valence-electron chi connectivity index (χ4n) is 2.39. The van der Waals surface area contributed by atoms with E-state index in [0.717, 1.165) is 16.7 Å². The van der Waals surface area contributed by atoms with Crippen molar-refractivity contribution in [2.45, 2.75) is 6.92 Å². The number of rotatable bonds is 5. The number of nitrogens with one attached hydrogen (secondary N) is 1. The number of hydrogen-bond acceptors (Lipinski definition) is 4. The SMILES string of the molecule is Cc1ccc(-c2ccsc2C(=O)OCC(=O)Nc2cccc(F)c2)cc1. The van der Waals surface area contributed by atoms with Gasteiger partial charge in [-0.15, -0.1) is 11.3 Å². The topological polar surface area (TPSA) is 55.4 Å². The molecule has 0 saturated heterocycles. The van der Waals surface area contributed by atoms with Crippen molar-refractivity contribution in [1.29, 1.82) is 0 Å². The van der Waals surface area contributed by atoms with Crippen molar-refractivity contribution in [2.75, 3.05) is 11.9 Å². The fraction of sp³-hybridized carbons (Fsp3) is 0.100. The highest BCUT2D eigenvalue weighted by Gasteiger charge is 2.17. The van der Waals surface area contributed by atoms with Crippen LogP contribution in [0.25, 0.3) is 11.1 Å². The van der Waals surface area contributed by atoms with Crippen LogP contribution in [-0.4, -0.2) is 18.5 Å². The van der Waals surface area contributed by atoms with Crippen LogP contribution < -0.4 is 5.32 Å². The molecule has 0 fully saturated rings. The van der Waals surface area contributed by atoms with Crippen LogP contribution in [0.1, 0.15) is 15.2 Å². The molecule has 0 bridgehead atoms. The summed E-state index contributed by atoms with van der Waals surface area (Å²) in [5, 5.41) is 4.29. The van der Waals surface area contributed by atoms with Gasteiger partial charge in [0.25, 0.3) is 5.91 Å². The Kier molecular flexibility index (Phi) is 5.43. The van der Waals surface area contributed by atoms with Crippen molar-refractivity contribution in [1.82, 2.24) is 0 Å². The van der Waals surface area contributed by atoms with Crippen molar-refractivity contribution >= 4 is 28.9 Å². The summed E-state index contributed by atoms with van der Waals surface area (Å²) in [6.07, 6.45) is 0. The summed E-state index contributed by atoms with van der Waals surface area (Å²) >= 11 is 1.26. The van der Waals surface area contributed by atoms with Gasteiger partial charge in [-0.1, -0.05) is 35.9 Å². The smallest absolute Gasteiger partial charge is 0.349 e. The summed E-state index contributed by atoms with van der Waals surface area (Å²) < 4.78 is 18.2. The van der Waals surface area contributed by atoms with E-state index < -0.39 is 24.3 Å². The molecule has 26 heavy (non-hydrogen) atoms. The zero-order valence-corrected chi connectivity index (χ0v) is 14.8. The third-order valence-electron chi connectivity index (χ3n) is 3.66. The number of hydrogen-bond donors (Lipinski definition) is 1. The molecule has 0 aliphatic heterocycles. The van der Waals surface area contributed by atoms with Gasteiger partial charge in [0.1, 0.15) is 10.7 Å². The van der Waals surface area contributed by atoms with E-state index in [0.29, 0.717) is 10.6 Å². The van der Waals surface area contributed by atoms with E-state index in [9.17, 15) is 14.0 Å². The van der Waals surface area contributed by atoms with Gasteiger partial charge >= 0.3 is 5.97 Å². The van der Waals surface area contributed by atoms with Crippen LogP contribution in [0, 0.1) is 12.7 Å². The first kappa shape index (κ1) is 17.8. The first-order valence-corrected chi connectivity index (χ1v) is 8.78. The Balaban J connectivity index is 1.63. The van der Waals surface area contributed by atoms with Crippen molar-refractivity contribution < 1.29 is 18.7 Å². The van der Waals surface area contributed by atoms with E-state index in [1.165, 1.54) is 29.5 Å². The molecule has 1 aromatic heterocycles. The average Bonchev–Trinajstić information content (AvgIpc) is 3.10. The lowest BCUT2D eigenvalue weighted by Gasteiger charge is -2.07. The molecule has 1 N–H and O–H groups in total. The molecule has 6 heteroatoms. The standard InChI is InChI=1S/C20H16FNO3S/c1-13-5-7-14(8-6-13)17-9-10-26-19(17)20(24)25-12-18(23)22-16-4-2-3-15(21)11-16/h2-11H,12H2,1H3,(H,22,23). The molecule has 1 heterocycles. The molecule has 0 aliphatic carbocycles. The Morgan fingerprint density at radius 2 is 1.88 bits per heavy atom.